The highest BCUT2D eigenvalue weighted by Crippen LogP contribution is 2.38. The first-order valence-electron chi connectivity index (χ1n) is 11.7. The molecule has 0 spiro atoms. The Morgan fingerprint density at radius 2 is 2.00 bits per heavy atom. The Kier molecular flexibility index (Phi) is 5.34. The zero-order chi connectivity index (χ0) is 22.5. The molecule has 0 bridgehead atoms. The highest BCUT2D eigenvalue weighted by Gasteiger charge is 2.30. The van der Waals surface area contributed by atoms with Crippen LogP contribution in [0.1, 0.15) is 38.4 Å². The van der Waals surface area contributed by atoms with Crippen molar-refractivity contribution in [2.75, 3.05) is 38.1 Å². The first-order chi connectivity index (χ1) is 15.3. The van der Waals surface area contributed by atoms with Crippen LogP contribution in [0.3, 0.4) is 0 Å². The Labute approximate surface area is 189 Å². The van der Waals surface area contributed by atoms with Gasteiger partial charge in [-0.25, -0.2) is 0 Å². The number of likely N-dealkylation sites (N-methyl/N-ethyl adjacent to an activating group) is 1. The minimum absolute atomic E-state index is 0.127. The molecule has 2 aromatic heterocycles. The summed E-state index contributed by atoms with van der Waals surface area (Å²) in [6.07, 6.45) is 3.27. The highest BCUT2D eigenvalue weighted by atomic mass is 16.2. The average Bonchev–Trinajstić information content (AvgIpc) is 3.40. The van der Waals surface area contributed by atoms with Gasteiger partial charge < -0.3 is 15.2 Å². The van der Waals surface area contributed by atoms with Crippen LogP contribution in [0.4, 0.5) is 5.69 Å². The van der Waals surface area contributed by atoms with E-state index in [0.29, 0.717) is 5.41 Å². The van der Waals surface area contributed by atoms with Gasteiger partial charge in [0.05, 0.1) is 11.7 Å². The van der Waals surface area contributed by atoms with Crippen LogP contribution in [-0.4, -0.2) is 65.3 Å². The molecule has 170 valence electrons. The fourth-order valence-electron chi connectivity index (χ4n) is 5.15. The van der Waals surface area contributed by atoms with E-state index in [2.05, 4.69) is 57.4 Å². The second-order valence-electron chi connectivity index (χ2n) is 10.2. The molecular weight excluding hydrogens is 400 g/mol. The summed E-state index contributed by atoms with van der Waals surface area (Å²) in [5.74, 6) is 0.127. The number of benzene rings is 1. The van der Waals surface area contributed by atoms with Gasteiger partial charge in [0, 0.05) is 61.1 Å². The number of H-pyrrole nitrogens is 2. The van der Waals surface area contributed by atoms with Crippen molar-refractivity contribution in [3.05, 3.63) is 35.5 Å². The average molecular weight is 435 g/mol. The molecule has 32 heavy (non-hydrogen) atoms. The summed E-state index contributed by atoms with van der Waals surface area (Å²) < 4.78 is 0. The highest BCUT2D eigenvalue weighted by molar-refractivity contribution is 5.98. The van der Waals surface area contributed by atoms with E-state index in [1.807, 2.05) is 20.0 Å². The van der Waals surface area contributed by atoms with E-state index in [1.54, 1.807) is 4.90 Å². The Bertz CT molecular complexity index is 1140. The van der Waals surface area contributed by atoms with Gasteiger partial charge in [-0.1, -0.05) is 19.9 Å². The minimum Gasteiger partial charge on any atom is -0.353 e. The molecule has 0 radical (unpaired) electrons. The van der Waals surface area contributed by atoms with Crippen LogP contribution in [0.15, 0.2) is 24.3 Å². The van der Waals surface area contributed by atoms with E-state index in [0.717, 1.165) is 67.0 Å². The van der Waals surface area contributed by atoms with E-state index in [1.165, 1.54) is 17.7 Å². The van der Waals surface area contributed by atoms with E-state index >= 15 is 0 Å². The molecule has 7 nitrogen and oxygen atoms in total. The Balaban J connectivity index is 1.39. The molecule has 1 aromatic carbocycles. The Hall–Kier alpha value is -2.64. The second-order valence-corrected chi connectivity index (χ2v) is 10.2. The van der Waals surface area contributed by atoms with E-state index in [-0.39, 0.29) is 11.9 Å². The lowest BCUT2D eigenvalue weighted by molar-refractivity contribution is -0.123. The number of aromatic nitrogens is 3. The van der Waals surface area contributed by atoms with Crippen molar-refractivity contribution in [3.63, 3.8) is 0 Å². The van der Waals surface area contributed by atoms with Gasteiger partial charge in [0.1, 0.15) is 5.69 Å². The number of piperazine rings is 1. The number of carbonyl (C=O) groups is 1. The van der Waals surface area contributed by atoms with Crippen molar-refractivity contribution in [2.24, 2.45) is 5.41 Å². The van der Waals surface area contributed by atoms with Gasteiger partial charge in [0.15, 0.2) is 0 Å². The number of nitrogens with zero attached hydrogens (tertiary/aromatic N) is 3. The van der Waals surface area contributed by atoms with Gasteiger partial charge in [-0.15, -0.1) is 0 Å². The second kappa shape index (κ2) is 8.05. The number of nitrogens with one attached hydrogen (secondary N) is 3. The SMILES string of the molecule is CC(C(=O)N(C)c1ccc2cc(-c3n[nH]c4c3CCC(C)(C)C4)[nH]c2c1)N1CCNCC1. The molecule has 3 heterocycles. The fraction of sp³-hybridized carbons (Fsp3) is 0.520. The van der Waals surface area contributed by atoms with Gasteiger partial charge in [-0.3, -0.25) is 14.8 Å². The van der Waals surface area contributed by atoms with Crippen molar-refractivity contribution in [3.8, 4) is 11.4 Å². The number of anilines is 1. The van der Waals surface area contributed by atoms with Gasteiger partial charge in [-0.05, 0) is 49.8 Å². The number of aromatic amines is 2. The van der Waals surface area contributed by atoms with Gasteiger partial charge in [0.2, 0.25) is 5.91 Å². The number of amides is 1. The molecule has 1 amide bonds. The third-order valence-corrected chi connectivity index (χ3v) is 7.30. The maximum atomic E-state index is 13.1. The third kappa shape index (κ3) is 3.84. The molecule has 1 saturated heterocycles. The molecule has 1 aliphatic carbocycles. The lowest BCUT2D eigenvalue weighted by Gasteiger charge is -2.34. The monoisotopic (exact) mass is 434 g/mol. The van der Waals surface area contributed by atoms with Crippen molar-refractivity contribution in [1.29, 1.82) is 0 Å². The first kappa shape index (κ1) is 21.2. The summed E-state index contributed by atoms with van der Waals surface area (Å²) in [4.78, 5) is 20.7. The first-order valence-corrected chi connectivity index (χ1v) is 11.7. The van der Waals surface area contributed by atoms with E-state index in [4.69, 9.17) is 0 Å². The number of hydrogen-bond donors (Lipinski definition) is 3. The normalized spacial score (nSPS) is 19.6. The predicted octanol–water partition coefficient (Wildman–Crippen LogP) is 3.33. The predicted molar refractivity (Wildman–Crippen MR) is 129 cm³/mol. The van der Waals surface area contributed by atoms with Crippen molar-refractivity contribution in [2.45, 2.75) is 46.1 Å². The standard InChI is InChI=1S/C25H34N6O/c1-16(31-11-9-26-10-12-31)24(32)30(4)18-6-5-17-13-21(27-20(17)14-18)23-19-7-8-25(2,3)15-22(19)28-29-23/h5-6,13-14,16,26-27H,7-12,15H2,1-4H3,(H,28,29). The number of hydrogen-bond acceptors (Lipinski definition) is 4. The minimum atomic E-state index is -0.128. The van der Waals surface area contributed by atoms with Crippen LogP contribution in [0.2, 0.25) is 0 Å². The van der Waals surface area contributed by atoms with E-state index in [9.17, 15) is 4.79 Å². The van der Waals surface area contributed by atoms with Crippen LogP contribution < -0.4 is 10.2 Å². The van der Waals surface area contributed by atoms with Crippen LogP contribution in [0.5, 0.6) is 0 Å². The van der Waals surface area contributed by atoms with E-state index < -0.39 is 0 Å². The van der Waals surface area contributed by atoms with Gasteiger partial charge >= 0.3 is 0 Å². The summed E-state index contributed by atoms with van der Waals surface area (Å²) in [6, 6.07) is 8.23. The number of carbonyl (C=O) groups excluding carboxylic acids is 1. The molecule has 0 saturated carbocycles. The van der Waals surface area contributed by atoms with Crippen molar-refractivity contribution < 1.29 is 4.79 Å². The summed E-state index contributed by atoms with van der Waals surface area (Å²) in [5.41, 5.74) is 6.94. The zero-order valence-electron chi connectivity index (χ0n) is 19.6. The van der Waals surface area contributed by atoms with Gasteiger partial charge in [-0.2, -0.15) is 5.10 Å². The lowest BCUT2D eigenvalue weighted by Crippen LogP contribution is -2.53. The zero-order valence-corrected chi connectivity index (χ0v) is 19.6. The van der Waals surface area contributed by atoms with Crippen LogP contribution in [0, 0.1) is 5.41 Å². The maximum absolute atomic E-state index is 13.1. The van der Waals surface area contributed by atoms with Crippen LogP contribution in [0.25, 0.3) is 22.3 Å². The molecule has 3 aromatic rings. The molecule has 2 aliphatic rings. The molecule has 3 N–H and O–H groups in total. The third-order valence-electron chi connectivity index (χ3n) is 7.30. The molecular formula is C25H34N6O. The number of fused-ring (bicyclic) bond motifs is 2. The molecule has 7 heteroatoms. The summed E-state index contributed by atoms with van der Waals surface area (Å²) in [7, 11) is 1.87. The molecule has 1 fully saturated rings. The Morgan fingerprint density at radius 1 is 1.22 bits per heavy atom. The van der Waals surface area contributed by atoms with Gasteiger partial charge in [0.25, 0.3) is 0 Å². The van der Waals surface area contributed by atoms with Crippen LogP contribution >= 0.6 is 0 Å². The fourth-order valence-corrected chi connectivity index (χ4v) is 5.15. The molecule has 1 atom stereocenters. The topological polar surface area (TPSA) is 80.0 Å². The molecule has 1 unspecified atom stereocenters. The quantitative estimate of drug-likeness (QED) is 0.588. The molecule has 1 aliphatic heterocycles. The number of rotatable bonds is 4. The van der Waals surface area contributed by atoms with Crippen LogP contribution in [-0.2, 0) is 17.6 Å². The molecule has 5 rings (SSSR count). The summed E-state index contributed by atoms with van der Waals surface area (Å²) in [5, 5.41) is 12.4. The Morgan fingerprint density at radius 3 is 2.78 bits per heavy atom. The smallest absolute Gasteiger partial charge is 0.243 e. The van der Waals surface area contributed by atoms with Crippen molar-refractivity contribution in [1.82, 2.24) is 25.4 Å². The maximum Gasteiger partial charge on any atom is 0.243 e. The largest absolute Gasteiger partial charge is 0.353 e. The lowest BCUT2D eigenvalue weighted by atomic mass is 9.76. The van der Waals surface area contributed by atoms with Crippen molar-refractivity contribution >= 4 is 22.5 Å². The summed E-state index contributed by atoms with van der Waals surface area (Å²) in [6.45, 7) is 10.3. The summed E-state index contributed by atoms with van der Waals surface area (Å²) >= 11 is 0.